The van der Waals surface area contributed by atoms with E-state index in [0.717, 1.165) is 35.1 Å². The van der Waals surface area contributed by atoms with Crippen LogP contribution in [0.25, 0.3) is 11.1 Å². The molecule has 1 saturated heterocycles. The Hall–Kier alpha value is -3.39. The van der Waals surface area contributed by atoms with Crippen molar-refractivity contribution in [1.29, 1.82) is 0 Å². The minimum absolute atomic E-state index is 0.0341. The summed E-state index contributed by atoms with van der Waals surface area (Å²) in [5, 5.41) is 14.8. The van der Waals surface area contributed by atoms with Crippen molar-refractivity contribution in [1.82, 2.24) is 10.6 Å². The second kappa shape index (κ2) is 10.1. The molecule has 2 fully saturated rings. The average molecular weight is 479 g/mol. The van der Waals surface area contributed by atoms with Gasteiger partial charge in [-0.15, -0.1) is 0 Å². The molecule has 35 heavy (non-hydrogen) atoms. The Kier molecular flexibility index (Phi) is 6.72. The lowest BCUT2D eigenvalue weighted by molar-refractivity contribution is -0.138. The smallest absolute Gasteiger partial charge is 0.407 e. The third kappa shape index (κ3) is 5.03. The fraction of sp³-hybridized carbons (Fsp3) is 0.444. The summed E-state index contributed by atoms with van der Waals surface area (Å²) in [6, 6.07) is 15.8. The molecule has 0 spiro atoms. The molecule has 3 N–H and O–H groups in total. The third-order valence-corrected chi connectivity index (χ3v) is 7.42. The maximum Gasteiger partial charge on any atom is 0.407 e. The number of carboxylic acids is 1. The quantitative estimate of drug-likeness (QED) is 0.563. The van der Waals surface area contributed by atoms with Gasteiger partial charge in [-0.05, 0) is 47.4 Å². The summed E-state index contributed by atoms with van der Waals surface area (Å²) in [7, 11) is 0. The number of carbonyl (C=O) groups is 3. The minimum Gasteiger partial charge on any atom is -0.481 e. The first-order valence-corrected chi connectivity index (χ1v) is 12.2. The Balaban J connectivity index is 1.15. The molecule has 4 atom stereocenters. The Morgan fingerprint density at radius 2 is 1.63 bits per heavy atom. The summed E-state index contributed by atoms with van der Waals surface area (Å²) in [6.45, 7) is 0.678. The molecular formula is C27H30N2O6. The van der Waals surface area contributed by atoms with Crippen molar-refractivity contribution in [2.45, 2.75) is 43.7 Å². The maximum absolute atomic E-state index is 12.9. The molecule has 2 aromatic rings. The number of nitrogens with one attached hydrogen (secondary N) is 2. The van der Waals surface area contributed by atoms with Crippen molar-refractivity contribution >= 4 is 18.0 Å². The molecule has 0 bridgehead atoms. The van der Waals surface area contributed by atoms with Gasteiger partial charge in [0.1, 0.15) is 6.61 Å². The molecule has 3 aliphatic rings. The summed E-state index contributed by atoms with van der Waals surface area (Å²) >= 11 is 0. The van der Waals surface area contributed by atoms with Gasteiger partial charge in [0.05, 0.1) is 25.2 Å². The number of benzene rings is 2. The topological polar surface area (TPSA) is 114 Å². The zero-order valence-corrected chi connectivity index (χ0v) is 19.4. The molecule has 2 unspecified atom stereocenters. The number of hydrogen-bond acceptors (Lipinski definition) is 5. The van der Waals surface area contributed by atoms with Crippen LogP contribution in [0.3, 0.4) is 0 Å². The number of fused-ring (bicyclic) bond motifs is 3. The van der Waals surface area contributed by atoms with Gasteiger partial charge in [0.2, 0.25) is 5.91 Å². The molecule has 184 valence electrons. The standard InChI is InChI=1S/C27H30N2O6/c30-25(31)12-16-9-10-17(11-16)28-26(32)23-13-34-15-24(23)29-27(33)35-14-22-20-7-3-1-5-18(20)19-6-2-4-8-21(19)22/h1-8,16-17,22-24H,9-15H2,(H,28,32)(H,29,33)(H,30,31)/t16-,17+,23?,24?/m0/s1. The highest BCUT2D eigenvalue weighted by Gasteiger charge is 2.38. The van der Waals surface area contributed by atoms with Gasteiger partial charge in [0.15, 0.2) is 0 Å². The number of carboxylic acid groups (broad SMARTS) is 1. The third-order valence-electron chi connectivity index (χ3n) is 7.42. The van der Waals surface area contributed by atoms with E-state index < -0.39 is 24.0 Å². The van der Waals surface area contributed by atoms with E-state index in [2.05, 4.69) is 34.9 Å². The first kappa shape index (κ1) is 23.4. The fourth-order valence-electron chi connectivity index (χ4n) is 5.69. The molecule has 5 rings (SSSR count). The van der Waals surface area contributed by atoms with Gasteiger partial charge in [-0.25, -0.2) is 4.79 Å². The number of ether oxygens (including phenoxy) is 2. The fourth-order valence-corrected chi connectivity index (χ4v) is 5.69. The van der Waals surface area contributed by atoms with Crippen LogP contribution in [0.15, 0.2) is 48.5 Å². The SMILES string of the molecule is O=C(O)C[C@H]1CC[C@@H](NC(=O)C2COCC2NC(=O)OCC2c3ccccc3-c3ccccc32)C1. The molecule has 8 nitrogen and oxygen atoms in total. The lowest BCUT2D eigenvalue weighted by Gasteiger charge is -2.21. The van der Waals surface area contributed by atoms with Crippen LogP contribution in [0.4, 0.5) is 4.79 Å². The summed E-state index contributed by atoms with van der Waals surface area (Å²) < 4.78 is 11.1. The number of carbonyl (C=O) groups excluding carboxylic acids is 2. The molecule has 2 aromatic carbocycles. The van der Waals surface area contributed by atoms with Crippen molar-refractivity contribution in [2.75, 3.05) is 19.8 Å². The highest BCUT2D eigenvalue weighted by Crippen LogP contribution is 2.44. The van der Waals surface area contributed by atoms with Gasteiger partial charge in [-0.3, -0.25) is 9.59 Å². The van der Waals surface area contributed by atoms with Crippen molar-refractivity contribution in [3.63, 3.8) is 0 Å². The Morgan fingerprint density at radius 3 is 2.31 bits per heavy atom. The molecule has 1 aliphatic heterocycles. The average Bonchev–Trinajstić information content (AvgIpc) is 3.55. The summed E-state index contributed by atoms with van der Waals surface area (Å²) in [6.07, 6.45) is 1.78. The molecule has 8 heteroatoms. The Morgan fingerprint density at radius 1 is 0.943 bits per heavy atom. The molecule has 2 aliphatic carbocycles. The zero-order valence-electron chi connectivity index (χ0n) is 19.4. The van der Waals surface area contributed by atoms with Gasteiger partial charge in [0, 0.05) is 18.4 Å². The van der Waals surface area contributed by atoms with E-state index in [1.54, 1.807) is 0 Å². The van der Waals surface area contributed by atoms with Crippen molar-refractivity contribution < 1.29 is 29.0 Å². The predicted octanol–water partition coefficient (Wildman–Crippen LogP) is 3.30. The summed E-state index contributed by atoms with van der Waals surface area (Å²) in [5.41, 5.74) is 4.60. The predicted molar refractivity (Wildman–Crippen MR) is 128 cm³/mol. The summed E-state index contributed by atoms with van der Waals surface area (Å²) in [5.74, 6) is -1.43. The van der Waals surface area contributed by atoms with E-state index in [-0.39, 0.29) is 50.0 Å². The van der Waals surface area contributed by atoms with Gasteiger partial charge >= 0.3 is 12.1 Å². The van der Waals surface area contributed by atoms with E-state index >= 15 is 0 Å². The van der Waals surface area contributed by atoms with Crippen molar-refractivity contribution in [3.05, 3.63) is 59.7 Å². The van der Waals surface area contributed by atoms with E-state index in [1.165, 1.54) is 0 Å². The maximum atomic E-state index is 12.9. The first-order chi connectivity index (χ1) is 17.0. The van der Waals surface area contributed by atoms with Gasteiger partial charge < -0.3 is 25.2 Å². The van der Waals surface area contributed by atoms with Crippen molar-refractivity contribution in [3.8, 4) is 11.1 Å². The van der Waals surface area contributed by atoms with E-state index in [1.807, 2.05) is 24.3 Å². The number of rotatable bonds is 7. The van der Waals surface area contributed by atoms with Gasteiger partial charge in [-0.1, -0.05) is 48.5 Å². The Labute approximate surface area is 204 Å². The second-order valence-corrected chi connectivity index (χ2v) is 9.70. The van der Waals surface area contributed by atoms with Crippen LogP contribution in [0, 0.1) is 11.8 Å². The van der Waals surface area contributed by atoms with E-state index in [0.29, 0.717) is 6.42 Å². The molecule has 2 amide bonds. The summed E-state index contributed by atoms with van der Waals surface area (Å²) in [4.78, 5) is 36.5. The highest BCUT2D eigenvalue weighted by molar-refractivity contribution is 5.81. The lowest BCUT2D eigenvalue weighted by Crippen LogP contribution is -2.48. The molecular weight excluding hydrogens is 448 g/mol. The molecule has 0 aromatic heterocycles. The second-order valence-electron chi connectivity index (χ2n) is 9.70. The minimum atomic E-state index is -0.807. The van der Waals surface area contributed by atoms with Gasteiger partial charge in [0.25, 0.3) is 0 Å². The van der Waals surface area contributed by atoms with Crippen LogP contribution in [-0.4, -0.2) is 55.0 Å². The van der Waals surface area contributed by atoms with Crippen molar-refractivity contribution in [2.24, 2.45) is 11.8 Å². The van der Waals surface area contributed by atoms with E-state index in [9.17, 15) is 14.4 Å². The van der Waals surface area contributed by atoms with Crippen LogP contribution in [-0.2, 0) is 19.1 Å². The monoisotopic (exact) mass is 478 g/mol. The largest absolute Gasteiger partial charge is 0.481 e. The highest BCUT2D eigenvalue weighted by atomic mass is 16.5. The number of aliphatic carboxylic acids is 1. The number of alkyl carbamates (subject to hydrolysis) is 1. The van der Waals surface area contributed by atoms with Crippen LogP contribution in [0.5, 0.6) is 0 Å². The molecule has 1 saturated carbocycles. The first-order valence-electron chi connectivity index (χ1n) is 12.2. The molecule has 1 heterocycles. The van der Waals surface area contributed by atoms with Crippen LogP contribution < -0.4 is 10.6 Å². The number of hydrogen-bond donors (Lipinski definition) is 3. The lowest BCUT2D eigenvalue weighted by atomic mass is 9.98. The number of amides is 2. The van der Waals surface area contributed by atoms with Gasteiger partial charge in [-0.2, -0.15) is 0 Å². The van der Waals surface area contributed by atoms with Crippen LogP contribution in [0.1, 0.15) is 42.7 Å². The normalized spacial score (nSPS) is 25.0. The van der Waals surface area contributed by atoms with E-state index in [4.69, 9.17) is 14.6 Å². The zero-order chi connectivity index (χ0) is 24.4. The van der Waals surface area contributed by atoms with Crippen LogP contribution in [0.2, 0.25) is 0 Å². The Bertz CT molecular complexity index is 1070. The molecule has 0 radical (unpaired) electrons. The van der Waals surface area contributed by atoms with Crippen LogP contribution >= 0.6 is 0 Å².